The van der Waals surface area contributed by atoms with Crippen molar-refractivity contribution in [2.24, 2.45) is 0 Å². The van der Waals surface area contributed by atoms with Crippen LogP contribution in [-0.2, 0) is 35.6 Å². The molecule has 242 valence electrons. The molecule has 0 fully saturated rings. The lowest BCUT2D eigenvalue weighted by molar-refractivity contribution is 0.00459. The first-order valence-electron chi connectivity index (χ1n) is 14.9. The first kappa shape index (κ1) is 32.8. The van der Waals surface area contributed by atoms with E-state index in [0.717, 1.165) is 35.1 Å². The zero-order chi connectivity index (χ0) is 32.5. The third-order valence-corrected chi connectivity index (χ3v) is 7.66. The van der Waals surface area contributed by atoms with Crippen molar-refractivity contribution in [2.75, 3.05) is 0 Å². The van der Waals surface area contributed by atoms with Gasteiger partial charge in [0.25, 0.3) is 0 Å². The zero-order valence-corrected chi connectivity index (χ0v) is 26.1. The van der Waals surface area contributed by atoms with Crippen molar-refractivity contribution in [2.45, 2.75) is 71.6 Å². The number of benzene rings is 2. The number of nitrogens with one attached hydrogen (secondary N) is 2. The Balaban J connectivity index is 1.33. The molecule has 3 heterocycles. The normalized spacial score (nSPS) is 12.0. The molecule has 2 N–H and O–H groups in total. The van der Waals surface area contributed by atoms with E-state index >= 15 is 0 Å². The molecule has 0 aliphatic heterocycles. The predicted molar refractivity (Wildman–Crippen MR) is 166 cm³/mol. The topological polar surface area (TPSA) is 186 Å². The van der Waals surface area contributed by atoms with Gasteiger partial charge < -0.3 is 28.2 Å². The molecule has 2 aromatic carbocycles. The Morgan fingerprint density at radius 3 is 2.57 bits per heavy atom. The van der Waals surface area contributed by atoms with Crippen LogP contribution in [0.4, 0.5) is 0 Å². The number of H-pyrrole nitrogens is 1. The van der Waals surface area contributed by atoms with Crippen molar-refractivity contribution in [1.29, 1.82) is 0 Å². The molecule has 1 unspecified atom stereocenters. The smallest absolute Gasteiger partial charge is 0.519 e. The fourth-order valence-electron chi connectivity index (χ4n) is 5.06. The third-order valence-electron chi connectivity index (χ3n) is 7.39. The van der Waals surface area contributed by atoms with Gasteiger partial charge in [0.2, 0.25) is 5.82 Å². The van der Waals surface area contributed by atoms with Gasteiger partial charge in [0.15, 0.2) is 29.0 Å². The fourth-order valence-corrected chi connectivity index (χ4v) is 5.34. The number of hydrogen-bond acceptors (Lipinski definition) is 12. The Morgan fingerprint density at radius 1 is 1.09 bits per heavy atom. The highest BCUT2D eigenvalue weighted by Crippen LogP contribution is 2.30. The second-order valence-corrected chi connectivity index (χ2v) is 11.0. The first-order valence-corrected chi connectivity index (χ1v) is 15.2. The molecule has 1 atom stereocenters. The molecule has 5 rings (SSSR count). The van der Waals surface area contributed by atoms with Crippen LogP contribution in [0.5, 0.6) is 0 Å². The number of aryl methyl sites for hydroxylation is 2. The summed E-state index contributed by atoms with van der Waals surface area (Å²) in [5.41, 5.74) is 5.17. The van der Waals surface area contributed by atoms with Crippen LogP contribution in [0.3, 0.4) is 0 Å². The van der Waals surface area contributed by atoms with Crippen LogP contribution >= 0.6 is 11.6 Å². The van der Waals surface area contributed by atoms with Gasteiger partial charge in [-0.25, -0.2) is 14.6 Å². The minimum atomic E-state index is -0.903. The van der Waals surface area contributed by atoms with E-state index in [1.54, 1.807) is 11.5 Å². The van der Waals surface area contributed by atoms with Crippen molar-refractivity contribution in [3.05, 3.63) is 98.1 Å². The van der Waals surface area contributed by atoms with Crippen molar-refractivity contribution >= 4 is 17.6 Å². The number of aromatic amines is 1. The van der Waals surface area contributed by atoms with Gasteiger partial charge in [0.1, 0.15) is 5.82 Å². The number of halogens is 1. The summed E-state index contributed by atoms with van der Waals surface area (Å²) in [6.45, 7) is 3.78. The number of carbonyl (C=O) groups is 1. The fraction of sp³-hybridized carbons (Fsp3) is 0.355. The van der Waals surface area contributed by atoms with Crippen molar-refractivity contribution in [1.82, 2.24) is 35.8 Å². The van der Waals surface area contributed by atoms with E-state index in [4.69, 9.17) is 30.0 Å². The molecule has 46 heavy (non-hydrogen) atoms. The molecule has 3 aromatic heterocycles. The molecule has 14 nitrogen and oxygen atoms in total. The van der Waals surface area contributed by atoms with Crippen molar-refractivity contribution in [3.63, 3.8) is 0 Å². The molecule has 0 spiro atoms. The van der Waals surface area contributed by atoms with Crippen molar-refractivity contribution < 1.29 is 23.2 Å². The molecule has 0 radical (unpaired) electrons. The van der Waals surface area contributed by atoms with Gasteiger partial charge in [-0.3, -0.25) is 5.64 Å². The second-order valence-electron chi connectivity index (χ2n) is 10.6. The summed E-state index contributed by atoms with van der Waals surface area (Å²) < 4.78 is 17.6. The van der Waals surface area contributed by atoms with Crippen LogP contribution in [-0.4, -0.2) is 42.2 Å². The number of unbranched alkanes of at least 4 members (excludes halogenated alkanes) is 1. The molecule has 15 heteroatoms. The molecule has 0 bridgehead atoms. The highest BCUT2D eigenvalue weighted by molar-refractivity contribution is 6.32. The van der Waals surface area contributed by atoms with E-state index in [1.165, 1.54) is 5.64 Å². The Hall–Kier alpha value is -4.63. The highest BCUT2D eigenvalue weighted by Gasteiger charge is 2.25. The largest absolute Gasteiger partial charge is 0.765 e. The number of ether oxygens (including phenoxy) is 1. The second kappa shape index (κ2) is 15.6. The molecule has 0 saturated carbocycles. The van der Waals surface area contributed by atoms with Crippen LogP contribution in [0.1, 0.15) is 72.9 Å². The van der Waals surface area contributed by atoms with E-state index in [-0.39, 0.29) is 35.1 Å². The van der Waals surface area contributed by atoms with Crippen LogP contribution < -0.4 is 11.5 Å². The van der Waals surface area contributed by atoms with Gasteiger partial charge in [-0.2, -0.15) is 5.21 Å². The summed E-state index contributed by atoms with van der Waals surface area (Å²) in [4.78, 5) is 34.5. The van der Waals surface area contributed by atoms with Crippen LogP contribution in [0.25, 0.3) is 22.5 Å². The monoisotopic (exact) mass is 650 g/mol. The summed E-state index contributed by atoms with van der Waals surface area (Å²) in [7, 11) is 0. The summed E-state index contributed by atoms with van der Waals surface area (Å²) in [6.07, 6.45) is 3.43. The van der Waals surface area contributed by atoms with E-state index in [0.29, 0.717) is 43.9 Å². The van der Waals surface area contributed by atoms with Crippen LogP contribution in [0.15, 0.2) is 62.2 Å². The first-order chi connectivity index (χ1) is 22.4. The number of tetrazole rings is 1. The average Bonchev–Trinajstić information content (AvgIpc) is 3.79. The Kier molecular flexibility index (Phi) is 11.1. The third kappa shape index (κ3) is 7.95. The molecule has 0 aliphatic rings. The molecular weight excluding hydrogens is 618 g/mol. The minimum absolute atomic E-state index is 0.0246. The van der Waals surface area contributed by atoms with Crippen LogP contribution in [0.2, 0.25) is 5.15 Å². The number of carbonyl (C=O) groups excluding carboxylic acids is 1. The molecule has 5 aromatic rings. The van der Waals surface area contributed by atoms with E-state index < -0.39 is 11.8 Å². The maximum absolute atomic E-state index is 13.4. The lowest BCUT2D eigenvalue weighted by atomic mass is 9.98. The molecule has 0 aliphatic carbocycles. The Morgan fingerprint density at radius 2 is 1.85 bits per heavy atom. The quantitative estimate of drug-likeness (QED) is 0.102. The summed E-state index contributed by atoms with van der Waals surface area (Å²) in [6, 6.07) is 15.7. The molecule has 0 amide bonds. The van der Waals surface area contributed by atoms with Gasteiger partial charge in [0, 0.05) is 24.9 Å². The molecular formula is C31H33ClN7O7-. The SMILES string of the molecule is CCCCc1nc(Cl)c(C(=O)OCc2oc(=O)oc2CCCC(C)ON[O-])n1Cc1ccc(-c2ccccc2-c2nn[nH]n2)cc1. The van der Waals surface area contributed by atoms with Gasteiger partial charge in [-0.15, -0.1) is 10.2 Å². The average molecular weight is 651 g/mol. The predicted octanol–water partition coefficient (Wildman–Crippen LogP) is 5.41. The maximum atomic E-state index is 13.4. The van der Waals surface area contributed by atoms with E-state index in [2.05, 4.69) is 32.5 Å². The van der Waals surface area contributed by atoms with Gasteiger partial charge >= 0.3 is 11.8 Å². The number of aromatic nitrogens is 6. The maximum Gasteiger partial charge on any atom is 0.519 e. The summed E-state index contributed by atoms with van der Waals surface area (Å²) in [5.74, 6) is -0.118. The van der Waals surface area contributed by atoms with E-state index in [1.807, 2.05) is 48.5 Å². The number of esters is 1. The lowest BCUT2D eigenvalue weighted by Gasteiger charge is -2.15. The number of hydrogen-bond donors (Lipinski definition) is 2. The Labute approximate surface area is 268 Å². The summed E-state index contributed by atoms with van der Waals surface area (Å²) in [5, 5.41) is 24.8. The van der Waals surface area contributed by atoms with Crippen LogP contribution in [0, 0.1) is 5.21 Å². The van der Waals surface area contributed by atoms with Gasteiger partial charge in [-0.05, 0) is 48.1 Å². The highest BCUT2D eigenvalue weighted by atomic mass is 35.5. The Bertz CT molecular complexity index is 1780. The van der Waals surface area contributed by atoms with Crippen molar-refractivity contribution in [3.8, 4) is 22.5 Å². The summed E-state index contributed by atoms with van der Waals surface area (Å²) >= 11 is 6.52. The zero-order valence-electron chi connectivity index (χ0n) is 25.3. The number of rotatable bonds is 16. The standard InChI is InChI=1S/C31H33ClN7O7/c1-3-4-12-26-33-28(32)27(30(40)43-18-25-24(44-31(41)45-25)11-7-8-19(2)46-38-42)39(26)17-20-13-15-21(16-14-20)22-9-5-6-10-23(22)29-34-36-37-35-29/h5-6,9-10,13-16,19,38H,3-4,7-8,11-12,17-18H2,1-2H3,(H,34,35,36,37)/q-1. The lowest BCUT2D eigenvalue weighted by Crippen LogP contribution is -2.16. The number of nitrogens with zero attached hydrogens (tertiary/aromatic N) is 5. The van der Waals surface area contributed by atoms with E-state index in [9.17, 15) is 14.8 Å². The number of imidazole rings is 1. The molecule has 0 saturated heterocycles. The minimum Gasteiger partial charge on any atom is -0.765 e. The van der Waals surface area contributed by atoms with Gasteiger partial charge in [-0.1, -0.05) is 73.5 Å². The van der Waals surface area contributed by atoms with Gasteiger partial charge in [0.05, 0.1) is 6.10 Å².